The number of hydrogen-bond donors (Lipinski definition) is 1. The summed E-state index contributed by atoms with van der Waals surface area (Å²) in [5.74, 6) is -0.575. The van der Waals surface area contributed by atoms with E-state index in [1.807, 2.05) is 0 Å². The van der Waals surface area contributed by atoms with Crippen molar-refractivity contribution in [2.45, 2.75) is 56.5 Å². The number of epoxide rings is 2. The van der Waals surface area contributed by atoms with Crippen LogP contribution in [-0.2, 0) is 19.0 Å². The van der Waals surface area contributed by atoms with E-state index in [0.717, 1.165) is 19.4 Å². The molecule has 2 heterocycles. The third-order valence-electron chi connectivity index (χ3n) is 4.66. The Balaban J connectivity index is 1.57. The Morgan fingerprint density at radius 3 is 2.62 bits per heavy atom. The van der Waals surface area contributed by atoms with Crippen LogP contribution in [0, 0.1) is 5.92 Å². The van der Waals surface area contributed by atoms with E-state index in [0.29, 0.717) is 6.42 Å². The zero-order valence-corrected chi connectivity index (χ0v) is 12.9. The third-order valence-corrected chi connectivity index (χ3v) is 4.90. The number of hydrogen-bond acceptors (Lipinski definition) is 5. The molecule has 3 rings (SSSR count). The molecular formula is C14H20ClNO5. The number of carbonyl (C=O) groups excluding carboxylic acids is 2. The molecule has 0 unspecified atom stereocenters. The summed E-state index contributed by atoms with van der Waals surface area (Å²) < 4.78 is 16.7. The summed E-state index contributed by atoms with van der Waals surface area (Å²) >= 11 is 5.34. The van der Waals surface area contributed by atoms with Crippen molar-refractivity contribution in [3.63, 3.8) is 0 Å². The van der Waals surface area contributed by atoms with Crippen LogP contribution in [0.5, 0.6) is 0 Å². The van der Waals surface area contributed by atoms with Gasteiger partial charge in [0, 0.05) is 5.92 Å². The number of rotatable bonds is 3. The summed E-state index contributed by atoms with van der Waals surface area (Å²) in [6.45, 7) is 4.88. The molecule has 1 N–H and O–H groups in total. The number of ether oxygens (including phenoxy) is 3. The van der Waals surface area contributed by atoms with Gasteiger partial charge in [-0.2, -0.15) is 0 Å². The van der Waals surface area contributed by atoms with Crippen LogP contribution >= 0.6 is 11.6 Å². The van der Waals surface area contributed by atoms with E-state index < -0.39 is 12.0 Å². The van der Waals surface area contributed by atoms with Crippen LogP contribution in [0.25, 0.3) is 0 Å². The Labute approximate surface area is 128 Å². The van der Waals surface area contributed by atoms with Gasteiger partial charge in [0.15, 0.2) is 0 Å². The molecule has 0 bridgehead atoms. The minimum absolute atomic E-state index is 0.0826. The highest BCUT2D eigenvalue weighted by atomic mass is 35.5. The minimum Gasteiger partial charge on any atom is -0.446 e. The van der Waals surface area contributed by atoms with Crippen LogP contribution in [0.4, 0.5) is 4.79 Å². The van der Waals surface area contributed by atoms with Crippen LogP contribution in [0.2, 0.25) is 0 Å². The fraction of sp³-hybridized carbons (Fsp3) is 0.857. The van der Waals surface area contributed by atoms with E-state index in [2.05, 4.69) is 19.2 Å². The molecule has 3 aliphatic rings. The number of imide groups is 1. The molecule has 7 heteroatoms. The first-order valence-electron chi connectivity index (χ1n) is 7.24. The van der Waals surface area contributed by atoms with Gasteiger partial charge in [0.1, 0.15) is 12.0 Å². The standard InChI is InChI=1S/C14H20ClNO5/c1-13(2)11(21-13)9-5-8(3-4-14(9)7-19-14)20-12(18)16-10(17)6-15/h8-9,11H,3-7H2,1-2H3,(H,16,17,18)/t8-,9-,11-,14+/m1/s1. The smallest absolute Gasteiger partial charge is 0.414 e. The Hall–Kier alpha value is -0.850. The predicted molar refractivity (Wildman–Crippen MR) is 74.1 cm³/mol. The van der Waals surface area contributed by atoms with E-state index in [4.69, 9.17) is 25.8 Å². The maximum atomic E-state index is 11.6. The van der Waals surface area contributed by atoms with Gasteiger partial charge in [0.25, 0.3) is 0 Å². The summed E-state index contributed by atoms with van der Waals surface area (Å²) in [7, 11) is 0. The lowest BCUT2D eigenvalue weighted by atomic mass is 9.74. The molecule has 0 aromatic heterocycles. The van der Waals surface area contributed by atoms with Crippen molar-refractivity contribution in [2.24, 2.45) is 5.92 Å². The molecule has 0 radical (unpaired) electrons. The summed E-state index contributed by atoms with van der Waals surface area (Å²) in [6.07, 6.45) is 1.51. The van der Waals surface area contributed by atoms with E-state index in [-0.39, 0.29) is 35.2 Å². The summed E-state index contributed by atoms with van der Waals surface area (Å²) in [5, 5.41) is 2.09. The maximum Gasteiger partial charge on any atom is 0.414 e. The van der Waals surface area contributed by atoms with Crippen LogP contribution in [0.1, 0.15) is 33.1 Å². The summed E-state index contributed by atoms with van der Waals surface area (Å²) in [5.41, 5.74) is -0.205. The third kappa shape index (κ3) is 3.03. The van der Waals surface area contributed by atoms with Gasteiger partial charge in [-0.3, -0.25) is 10.1 Å². The predicted octanol–water partition coefficient (Wildman–Crippen LogP) is 1.59. The van der Waals surface area contributed by atoms with Crippen molar-refractivity contribution in [3.8, 4) is 0 Å². The minimum atomic E-state index is -0.729. The van der Waals surface area contributed by atoms with Gasteiger partial charge in [0.05, 0.1) is 23.9 Å². The number of halogens is 1. The van der Waals surface area contributed by atoms with Gasteiger partial charge in [-0.1, -0.05) is 0 Å². The molecule has 3 fully saturated rings. The van der Waals surface area contributed by atoms with Crippen molar-refractivity contribution >= 4 is 23.6 Å². The lowest BCUT2D eigenvalue weighted by Crippen LogP contribution is -2.43. The molecule has 0 aromatic rings. The van der Waals surface area contributed by atoms with Gasteiger partial charge in [0.2, 0.25) is 5.91 Å². The second-order valence-corrected chi connectivity index (χ2v) is 6.85. The lowest BCUT2D eigenvalue weighted by Gasteiger charge is -2.33. The number of amides is 2. The molecule has 118 valence electrons. The van der Waals surface area contributed by atoms with Crippen LogP contribution < -0.4 is 5.32 Å². The zero-order chi connectivity index (χ0) is 15.3. The number of nitrogens with one attached hydrogen (secondary N) is 1. The molecule has 21 heavy (non-hydrogen) atoms. The Morgan fingerprint density at radius 2 is 2.10 bits per heavy atom. The average molecular weight is 318 g/mol. The molecule has 1 aliphatic carbocycles. The molecule has 2 aliphatic heterocycles. The molecule has 1 spiro atoms. The highest BCUT2D eigenvalue weighted by molar-refractivity contribution is 6.28. The quantitative estimate of drug-likeness (QED) is 0.631. The Bertz CT molecular complexity index is 462. The van der Waals surface area contributed by atoms with E-state index in [9.17, 15) is 9.59 Å². The molecule has 2 saturated heterocycles. The number of alkyl halides is 1. The highest BCUT2D eigenvalue weighted by Crippen LogP contribution is 2.55. The molecule has 2 amide bonds. The van der Waals surface area contributed by atoms with Gasteiger partial charge in [-0.05, 0) is 33.1 Å². The molecule has 0 aromatic carbocycles. The topological polar surface area (TPSA) is 80.5 Å². The largest absolute Gasteiger partial charge is 0.446 e. The molecular weight excluding hydrogens is 298 g/mol. The lowest BCUT2D eigenvalue weighted by molar-refractivity contribution is -0.118. The Kier molecular flexibility index (Phi) is 3.66. The average Bonchev–Trinajstić information content (AvgIpc) is 3.31. The number of alkyl carbamates (subject to hydrolysis) is 1. The van der Waals surface area contributed by atoms with Crippen molar-refractivity contribution in [2.75, 3.05) is 12.5 Å². The van der Waals surface area contributed by atoms with E-state index >= 15 is 0 Å². The fourth-order valence-electron chi connectivity index (χ4n) is 3.35. The monoisotopic (exact) mass is 317 g/mol. The molecule has 1 saturated carbocycles. The molecule has 6 nitrogen and oxygen atoms in total. The molecule has 4 atom stereocenters. The SMILES string of the molecule is CC1(C)O[C@@H]1[C@H]1C[C@H](OC(=O)NC(=O)CCl)CC[C@]12CO2. The zero-order valence-electron chi connectivity index (χ0n) is 12.2. The first-order valence-corrected chi connectivity index (χ1v) is 7.78. The summed E-state index contributed by atoms with van der Waals surface area (Å²) in [4.78, 5) is 22.7. The van der Waals surface area contributed by atoms with Crippen LogP contribution in [0.15, 0.2) is 0 Å². The van der Waals surface area contributed by atoms with Gasteiger partial charge in [-0.15, -0.1) is 11.6 Å². The van der Waals surface area contributed by atoms with Gasteiger partial charge < -0.3 is 14.2 Å². The van der Waals surface area contributed by atoms with Crippen LogP contribution in [-0.4, -0.2) is 47.9 Å². The summed E-state index contributed by atoms with van der Waals surface area (Å²) in [6, 6.07) is 0. The van der Waals surface area contributed by atoms with E-state index in [1.54, 1.807) is 0 Å². The second-order valence-electron chi connectivity index (χ2n) is 6.59. The van der Waals surface area contributed by atoms with E-state index in [1.165, 1.54) is 0 Å². The van der Waals surface area contributed by atoms with Crippen molar-refractivity contribution in [1.29, 1.82) is 0 Å². The number of carbonyl (C=O) groups is 2. The van der Waals surface area contributed by atoms with Gasteiger partial charge in [-0.25, -0.2) is 4.79 Å². The van der Waals surface area contributed by atoms with Crippen molar-refractivity contribution < 1.29 is 23.8 Å². The highest BCUT2D eigenvalue weighted by Gasteiger charge is 2.65. The first-order chi connectivity index (χ1) is 9.86. The van der Waals surface area contributed by atoms with Crippen molar-refractivity contribution in [1.82, 2.24) is 5.32 Å². The Morgan fingerprint density at radius 1 is 1.43 bits per heavy atom. The van der Waals surface area contributed by atoms with Crippen LogP contribution in [0.3, 0.4) is 0 Å². The normalized spacial score (nSPS) is 39.7. The second kappa shape index (κ2) is 5.11. The van der Waals surface area contributed by atoms with Gasteiger partial charge >= 0.3 is 6.09 Å². The maximum absolute atomic E-state index is 11.6. The fourth-order valence-corrected chi connectivity index (χ4v) is 3.42. The van der Waals surface area contributed by atoms with Crippen molar-refractivity contribution in [3.05, 3.63) is 0 Å². The first kappa shape index (κ1) is 15.1.